The van der Waals surface area contributed by atoms with Gasteiger partial charge in [-0.2, -0.15) is 0 Å². The average molecular weight is 466 g/mol. The van der Waals surface area contributed by atoms with Crippen molar-refractivity contribution in [3.05, 3.63) is 70.7 Å². The Hall–Kier alpha value is -3.72. The number of benzene rings is 2. The van der Waals surface area contributed by atoms with E-state index in [1.54, 1.807) is 13.8 Å². The third-order valence-electron chi connectivity index (χ3n) is 5.47. The van der Waals surface area contributed by atoms with Gasteiger partial charge in [0.2, 0.25) is 0 Å². The summed E-state index contributed by atoms with van der Waals surface area (Å²) in [4.78, 5) is 41.4. The lowest BCUT2D eigenvalue weighted by Crippen LogP contribution is -2.40. The number of ether oxygens (including phenoxy) is 1. The Kier molecular flexibility index (Phi) is 6.41. The quantitative estimate of drug-likeness (QED) is 0.534. The maximum Gasteiger partial charge on any atom is 0.413 e. The van der Waals surface area contributed by atoms with Crippen molar-refractivity contribution < 1.29 is 24.2 Å². The zero-order valence-corrected chi connectivity index (χ0v) is 19.0. The number of carboxylic acid groups (broad SMARTS) is 1. The van der Waals surface area contributed by atoms with Gasteiger partial charge >= 0.3 is 12.1 Å². The van der Waals surface area contributed by atoms with Crippen molar-refractivity contribution in [2.45, 2.75) is 25.8 Å². The number of anilines is 1. The highest BCUT2D eigenvalue weighted by atomic mass is 32.1. The van der Waals surface area contributed by atoms with Gasteiger partial charge in [-0.1, -0.05) is 48.5 Å². The molecule has 2 N–H and O–H groups in total. The van der Waals surface area contributed by atoms with Gasteiger partial charge in [-0.05, 0) is 36.1 Å². The van der Waals surface area contributed by atoms with E-state index in [-0.39, 0.29) is 29.4 Å². The van der Waals surface area contributed by atoms with Crippen LogP contribution in [0.3, 0.4) is 0 Å². The van der Waals surface area contributed by atoms with Crippen LogP contribution in [0.5, 0.6) is 0 Å². The van der Waals surface area contributed by atoms with Crippen LogP contribution in [0.1, 0.15) is 41.4 Å². The van der Waals surface area contributed by atoms with Crippen LogP contribution in [-0.4, -0.2) is 52.2 Å². The molecule has 0 bridgehead atoms. The first-order valence-electron chi connectivity index (χ1n) is 10.5. The highest BCUT2D eigenvalue weighted by molar-refractivity contribution is 7.14. The Morgan fingerprint density at radius 1 is 1.09 bits per heavy atom. The smallest absolute Gasteiger partial charge is 0.413 e. The number of rotatable bonds is 7. The minimum atomic E-state index is -1.11. The van der Waals surface area contributed by atoms with Gasteiger partial charge in [0.25, 0.3) is 5.91 Å². The Bertz CT molecular complexity index is 1160. The second-order valence-corrected chi connectivity index (χ2v) is 8.77. The van der Waals surface area contributed by atoms with E-state index in [9.17, 15) is 14.4 Å². The fourth-order valence-corrected chi connectivity index (χ4v) is 4.60. The van der Waals surface area contributed by atoms with Crippen molar-refractivity contribution >= 4 is 34.4 Å². The second-order valence-electron chi connectivity index (χ2n) is 7.91. The Morgan fingerprint density at radius 2 is 1.70 bits per heavy atom. The van der Waals surface area contributed by atoms with E-state index in [2.05, 4.69) is 22.4 Å². The van der Waals surface area contributed by atoms with E-state index in [4.69, 9.17) is 9.84 Å². The minimum absolute atomic E-state index is 0.0628. The highest BCUT2D eigenvalue weighted by Gasteiger charge is 2.29. The average Bonchev–Trinajstić information content (AvgIpc) is 3.38. The van der Waals surface area contributed by atoms with Crippen molar-refractivity contribution in [1.82, 2.24) is 9.88 Å². The standard InChI is InChI=1S/C24H23N3O5S/c1-14(2)27(11-21(28)29)22(30)20-13-33-23(25-20)26-24(31)32-12-19-17-9-5-3-7-15(17)16-8-4-6-10-18(16)19/h3-10,13-14,19H,11-12H2,1-2H3,(H,28,29)(H,25,26,31). The van der Waals surface area contributed by atoms with Crippen LogP contribution >= 0.6 is 11.3 Å². The van der Waals surface area contributed by atoms with Crippen molar-refractivity contribution in [3.8, 4) is 11.1 Å². The largest absolute Gasteiger partial charge is 0.480 e. The Labute approximate surface area is 194 Å². The number of aliphatic carboxylic acids is 1. The third-order valence-corrected chi connectivity index (χ3v) is 6.22. The molecule has 0 aliphatic heterocycles. The number of aromatic nitrogens is 1. The van der Waals surface area contributed by atoms with Gasteiger partial charge in [0.05, 0.1) is 0 Å². The first-order chi connectivity index (χ1) is 15.8. The number of carbonyl (C=O) groups is 3. The first kappa shape index (κ1) is 22.5. The zero-order valence-electron chi connectivity index (χ0n) is 18.1. The molecule has 1 aromatic heterocycles. The van der Waals surface area contributed by atoms with Crippen LogP contribution in [0.2, 0.25) is 0 Å². The van der Waals surface area contributed by atoms with Gasteiger partial charge < -0.3 is 14.7 Å². The van der Waals surface area contributed by atoms with Crippen molar-refractivity contribution in [1.29, 1.82) is 0 Å². The molecule has 33 heavy (non-hydrogen) atoms. The zero-order chi connectivity index (χ0) is 23.5. The van der Waals surface area contributed by atoms with E-state index in [1.807, 2.05) is 36.4 Å². The summed E-state index contributed by atoms with van der Waals surface area (Å²) >= 11 is 1.07. The van der Waals surface area contributed by atoms with Crippen LogP contribution in [0, 0.1) is 0 Å². The predicted molar refractivity (Wildman–Crippen MR) is 125 cm³/mol. The van der Waals surface area contributed by atoms with E-state index in [0.717, 1.165) is 33.6 Å². The number of fused-ring (bicyclic) bond motifs is 3. The second kappa shape index (κ2) is 9.41. The number of hydrogen-bond donors (Lipinski definition) is 2. The Morgan fingerprint density at radius 3 is 2.27 bits per heavy atom. The summed E-state index contributed by atoms with van der Waals surface area (Å²) in [6.45, 7) is 3.19. The molecular formula is C24H23N3O5S. The molecule has 2 aromatic carbocycles. The fourth-order valence-electron chi connectivity index (χ4n) is 3.93. The fraction of sp³-hybridized carbons (Fsp3) is 0.250. The van der Waals surface area contributed by atoms with Crippen LogP contribution in [0.4, 0.5) is 9.93 Å². The van der Waals surface area contributed by atoms with Crippen LogP contribution < -0.4 is 5.32 Å². The normalized spacial score (nSPS) is 12.2. The lowest BCUT2D eigenvalue weighted by Gasteiger charge is -2.23. The summed E-state index contributed by atoms with van der Waals surface area (Å²) in [5.41, 5.74) is 4.58. The van der Waals surface area contributed by atoms with Crippen molar-refractivity contribution in [3.63, 3.8) is 0 Å². The van der Waals surface area contributed by atoms with Crippen molar-refractivity contribution in [2.75, 3.05) is 18.5 Å². The molecule has 0 radical (unpaired) electrons. The van der Waals surface area contributed by atoms with E-state index < -0.39 is 24.5 Å². The van der Waals surface area contributed by atoms with Gasteiger partial charge in [0.15, 0.2) is 5.13 Å². The molecule has 170 valence electrons. The number of carboxylic acids is 1. The minimum Gasteiger partial charge on any atom is -0.480 e. The molecule has 0 saturated heterocycles. The van der Waals surface area contributed by atoms with Gasteiger partial charge in [-0.25, -0.2) is 9.78 Å². The summed E-state index contributed by atoms with van der Waals surface area (Å²) in [6, 6.07) is 15.8. The lowest BCUT2D eigenvalue weighted by atomic mass is 9.98. The molecule has 8 nitrogen and oxygen atoms in total. The number of hydrogen-bond acceptors (Lipinski definition) is 6. The highest BCUT2D eigenvalue weighted by Crippen LogP contribution is 2.44. The van der Waals surface area contributed by atoms with E-state index in [1.165, 1.54) is 10.3 Å². The van der Waals surface area contributed by atoms with E-state index in [0.29, 0.717) is 0 Å². The molecule has 0 atom stereocenters. The maximum absolute atomic E-state index is 12.6. The molecule has 4 rings (SSSR count). The molecular weight excluding hydrogens is 442 g/mol. The topological polar surface area (TPSA) is 109 Å². The molecule has 1 aliphatic carbocycles. The molecule has 2 amide bonds. The van der Waals surface area contributed by atoms with Gasteiger partial charge in [0, 0.05) is 17.3 Å². The summed E-state index contributed by atoms with van der Waals surface area (Å²) in [5, 5.41) is 13.3. The number of nitrogens with zero attached hydrogens (tertiary/aromatic N) is 2. The molecule has 3 aromatic rings. The SMILES string of the molecule is CC(C)N(CC(=O)O)C(=O)c1csc(NC(=O)OCC2c3ccccc3-c3ccccc32)n1. The Balaban J connectivity index is 1.40. The molecule has 0 spiro atoms. The molecule has 0 unspecified atom stereocenters. The van der Waals surface area contributed by atoms with Gasteiger partial charge in [-0.3, -0.25) is 14.9 Å². The molecule has 9 heteroatoms. The number of carbonyl (C=O) groups excluding carboxylic acids is 2. The summed E-state index contributed by atoms with van der Waals surface area (Å²) < 4.78 is 5.50. The summed E-state index contributed by atoms with van der Waals surface area (Å²) in [5.74, 6) is -1.68. The number of thiazole rings is 1. The van der Waals surface area contributed by atoms with Gasteiger partial charge in [0.1, 0.15) is 18.8 Å². The van der Waals surface area contributed by atoms with E-state index >= 15 is 0 Å². The van der Waals surface area contributed by atoms with Crippen LogP contribution in [-0.2, 0) is 9.53 Å². The number of nitrogens with one attached hydrogen (secondary N) is 1. The number of amides is 2. The molecule has 0 fully saturated rings. The molecule has 1 aliphatic rings. The van der Waals surface area contributed by atoms with Gasteiger partial charge in [-0.15, -0.1) is 11.3 Å². The molecule has 1 heterocycles. The monoisotopic (exact) mass is 465 g/mol. The van der Waals surface area contributed by atoms with Crippen LogP contribution in [0.15, 0.2) is 53.9 Å². The summed E-state index contributed by atoms with van der Waals surface area (Å²) in [7, 11) is 0. The third kappa shape index (κ3) is 4.73. The summed E-state index contributed by atoms with van der Waals surface area (Å²) in [6.07, 6.45) is -0.670. The lowest BCUT2D eigenvalue weighted by molar-refractivity contribution is -0.138. The first-order valence-corrected chi connectivity index (χ1v) is 11.3. The van der Waals surface area contributed by atoms with Crippen LogP contribution in [0.25, 0.3) is 11.1 Å². The molecule has 0 saturated carbocycles. The predicted octanol–water partition coefficient (Wildman–Crippen LogP) is 4.44. The van der Waals surface area contributed by atoms with Crippen molar-refractivity contribution in [2.24, 2.45) is 0 Å². The maximum atomic E-state index is 12.6.